The number of nitrogens with zero attached hydrogens (tertiary/aromatic N) is 2. The highest BCUT2D eigenvalue weighted by molar-refractivity contribution is 5.76. The van der Waals surface area contributed by atoms with Crippen LogP contribution in [0.2, 0.25) is 0 Å². The van der Waals surface area contributed by atoms with Gasteiger partial charge in [-0.1, -0.05) is 31.2 Å². The van der Waals surface area contributed by atoms with Gasteiger partial charge < -0.3 is 4.42 Å². The lowest BCUT2D eigenvalue weighted by Gasteiger charge is -2.30. The first-order valence-electron chi connectivity index (χ1n) is 8.45. The van der Waals surface area contributed by atoms with E-state index in [0.29, 0.717) is 5.89 Å². The van der Waals surface area contributed by atoms with E-state index in [2.05, 4.69) is 35.0 Å². The van der Waals surface area contributed by atoms with Crippen LogP contribution in [0.3, 0.4) is 0 Å². The fraction of sp³-hybridized carbons (Fsp3) is 0.350. The van der Waals surface area contributed by atoms with E-state index < -0.39 is 0 Å². The number of piperidine rings is 1. The van der Waals surface area contributed by atoms with Gasteiger partial charge in [-0.3, -0.25) is 4.90 Å². The van der Waals surface area contributed by atoms with Gasteiger partial charge in [0.25, 0.3) is 0 Å². The molecule has 1 fully saturated rings. The second-order valence-electron chi connectivity index (χ2n) is 6.67. The SMILES string of the molecule is C[C@@H]1CCCN(Cc2ccc3oc(-c4ccccc4)nc3c2)C1. The monoisotopic (exact) mass is 306 g/mol. The van der Waals surface area contributed by atoms with Crippen LogP contribution in [0.5, 0.6) is 0 Å². The Morgan fingerprint density at radius 3 is 2.87 bits per heavy atom. The third kappa shape index (κ3) is 3.15. The molecule has 118 valence electrons. The van der Waals surface area contributed by atoms with Crippen LogP contribution in [0, 0.1) is 5.92 Å². The maximum atomic E-state index is 5.89. The number of benzene rings is 2. The molecule has 3 aromatic rings. The molecule has 0 spiro atoms. The second kappa shape index (κ2) is 6.17. The molecular weight excluding hydrogens is 284 g/mol. The third-order valence-electron chi connectivity index (χ3n) is 4.62. The number of hydrogen-bond donors (Lipinski definition) is 0. The van der Waals surface area contributed by atoms with E-state index in [1.165, 1.54) is 31.5 Å². The van der Waals surface area contributed by atoms with Gasteiger partial charge in [0.05, 0.1) is 0 Å². The Hall–Kier alpha value is -2.13. The molecule has 0 amide bonds. The Labute approximate surface area is 136 Å². The van der Waals surface area contributed by atoms with Gasteiger partial charge >= 0.3 is 0 Å². The second-order valence-corrected chi connectivity index (χ2v) is 6.67. The average Bonchev–Trinajstić information content (AvgIpc) is 2.99. The summed E-state index contributed by atoms with van der Waals surface area (Å²) >= 11 is 0. The van der Waals surface area contributed by atoms with Crippen molar-refractivity contribution in [2.45, 2.75) is 26.3 Å². The van der Waals surface area contributed by atoms with Crippen molar-refractivity contribution >= 4 is 11.1 Å². The third-order valence-corrected chi connectivity index (χ3v) is 4.62. The molecular formula is C20H22N2O. The number of aromatic nitrogens is 1. The van der Waals surface area contributed by atoms with E-state index in [9.17, 15) is 0 Å². The van der Waals surface area contributed by atoms with Gasteiger partial charge in [-0.15, -0.1) is 0 Å². The van der Waals surface area contributed by atoms with Crippen LogP contribution in [-0.2, 0) is 6.54 Å². The molecule has 0 radical (unpaired) electrons. The molecule has 3 nitrogen and oxygen atoms in total. The maximum absolute atomic E-state index is 5.89. The summed E-state index contributed by atoms with van der Waals surface area (Å²) in [6.45, 7) is 5.76. The summed E-state index contributed by atoms with van der Waals surface area (Å²) in [7, 11) is 0. The van der Waals surface area contributed by atoms with Crippen molar-refractivity contribution < 1.29 is 4.42 Å². The maximum Gasteiger partial charge on any atom is 0.227 e. The van der Waals surface area contributed by atoms with E-state index in [1.807, 2.05) is 30.3 Å². The Balaban J connectivity index is 1.58. The molecule has 0 N–H and O–H groups in total. The van der Waals surface area contributed by atoms with Gasteiger partial charge in [-0.05, 0) is 55.1 Å². The summed E-state index contributed by atoms with van der Waals surface area (Å²) in [5, 5.41) is 0. The molecule has 2 heterocycles. The molecule has 1 saturated heterocycles. The minimum atomic E-state index is 0.698. The summed E-state index contributed by atoms with van der Waals surface area (Å²) < 4.78 is 5.89. The fourth-order valence-corrected chi connectivity index (χ4v) is 3.46. The minimum absolute atomic E-state index is 0.698. The van der Waals surface area contributed by atoms with Crippen molar-refractivity contribution in [1.29, 1.82) is 0 Å². The molecule has 2 aromatic carbocycles. The Morgan fingerprint density at radius 2 is 2.04 bits per heavy atom. The lowest BCUT2D eigenvalue weighted by molar-refractivity contribution is 0.176. The van der Waals surface area contributed by atoms with E-state index in [0.717, 1.165) is 29.1 Å². The summed E-state index contributed by atoms with van der Waals surface area (Å²) in [5.41, 5.74) is 4.15. The van der Waals surface area contributed by atoms with E-state index in [1.54, 1.807) is 0 Å². The highest BCUT2D eigenvalue weighted by Gasteiger charge is 2.17. The first-order valence-corrected chi connectivity index (χ1v) is 8.45. The molecule has 0 unspecified atom stereocenters. The van der Waals surface area contributed by atoms with E-state index in [-0.39, 0.29) is 0 Å². The zero-order valence-electron chi connectivity index (χ0n) is 13.5. The topological polar surface area (TPSA) is 29.3 Å². The Kier molecular flexibility index (Phi) is 3.88. The predicted octanol–water partition coefficient (Wildman–Crippen LogP) is 4.73. The Morgan fingerprint density at radius 1 is 1.17 bits per heavy atom. The Bertz CT molecular complexity index is 794. The standard InChI is InChI=1S/C20H22N2O/c1-15-6-5-11-22(13-15)14-16-9-10-19-18(12-16)21-20(23-19)17-7-3-2-4-8-17/h2-4,7-10,12,15H,5-6,11,13-14H2,1H3/t15-/m1/s1. The van der Waals surface area contributed by atoms with Crippen molar-refractivity contribution in [1.82, 2.24) is 9.88 Å². The molecule has 1 aromatic heterocycles. The van der Waals surface area contributed by atoms with Gasteiger partial charge in [-0.25, -0.2) is 4.98 Å². The molecule has 0 saturated carbocycles. The highest BCUT2D eigenvalue weighted by Crippen LogP contribution is 2.25. The van der Waals surface area contributed by atoms with E-state index in [4.69, 9.17) is 4.42 Å². The highest BCUT2D eigenvalue weighted by atomic mass is 16.3. The van der Waals surface area contributed by atoms with Crippen molar-refractivity contribution in [3.63, 3.8) is 0 Å². The summed E-state index contributed by atoms with van der Waals surface area (Å²) in [6.07, 6.45) is 2.67. The lowest BCUT2D eigenvalue weighted by Crippen LogP contribution is -2.33. The smallest absolute Gasteiger partial charge is 0.227 e. The molecule has 23 heavy (non-hydrogen) atoms. The van der Waals surface area contributed by atoms with Crippen LogP contribution >= 0.6 is 0 Å². The van der Waals surface area contributed by atoms with Gasteiger partial charge in [0.1, 0.15) is 5.52 Å². The van der Waals surface area contributed by atoms with E-state index >= 15 is 0 Å². The predicted molar refractivity (Wildman–Crippen MR) is 93.1 cm³/mol. The van der Waals surface area contributed by atoms with Crippen molar-refractivity contribution in [2.75, 3.05) is 13.1 Å². The van der Waals surface area contributed by atoms with Crippen molar-refractivity contribution in [3.05, 3.63) is 54.1 Å². The molecule has 1 atom stereocenters. The van der Waals surface area contributed by atoms with Crippen LogP contribution in [0.1, 0.15) is 25.3 Å². The van der Waals surface area contributed by atoms with Gasteiger partial charge in [0.15, 0.2) is 5.58 Å². The lowest BCUT2D eigenvalue weighted by atomic mass is 10.00. The van der Waals surface area contributed by atoms with Crippen LogP contribution in [0.15, 0.2) is 52.9 Å². The van der Waals surface area contributed by atoms with Crippen LogP contribution in [-0.4, -0.2) is 23.0 Å². The largest absolute Gasteiger partial charge is 0.436 e. The molecule has 3 heteroatoms. The zero-order valence-corrected chi connectivity index (χ0v) is 13.5. The van der Waals surface area contributed by atoms with Crippen LogP contribution in [0.4, 0.5) is 0 Å². The van der Waals surface area contributed by atoms with Crippen molar-refractivity contribution in [3.8, 4) is 11.5 Å². The molecule has 0 bridgehead atoms. The summed E-state index contributed by atoms with van der Waals surface area (Å²) in [4.78, 5) is 7.22. The van der Waals surface area contributed by atoms with Gasteiger partial charge in [-0.2, -0.15) is 0 Å². The van der Waals surface area contributed by atoms with Crippen LogP contribution < -0.4 is 0 Å². The van der Waals surface area contributed by atoms with Gasteiger partial charge in [0.2, 0.25) is 5.89 Å². The normalized spacial score (nSPS) is 19.3. The number of oxazole rings is 1. The zero-order chi connectivity index (χ0) is 15.6. The molecule has 1 aliphatic rings. The minimum Gasteiger partial charge on any atom is -0.436 e. The molecule has 4 rings (SSSR count). The van der Waals surface area contributed by atoms with Crippen molar-refractivity contribution in [2.24, 2.45) is 5.92 Å². The number of fused-ring (bicyclic) bond motifs is 1. The fourth-order valence-electron chi connectivity index (χ4n) is 3.46. The number of hydrogen-bond acceptors (Lipinski definition) is 3. The number of likely N-dealkylation sites (tertiary alicyclic amines) is 1. The number of rotatable bonds is 3. The average molecular weight is 306 g/mol. The summed E-state index contributed by atoms with van der Waals surface area (Å²) in [6, 6.07) is 16.5. The molecule has 1 aliphatic heterocycles. The first kappa shape index (κ1) is 14.5. The van der Waals surface area contributed by atoms with Gasteiger partial charge in [0, 0.05) is 18.7 Å². The van der Waals surface area contributed by atoms with Crippen LogP contribution in [0.25, 0.3) is 22.6 Å². The quantitative estimate of drug-likeness (QED) is 0.700. The first-order chi connectivity index (χ1) is 11.3. The summed E-state index contributed by atoms with van der Waals surface area (Å²) in [5.74, 6) is 1.51. The molecule has 0 aliphatic carbocycles.